The highest BCUT2D eigenvalue weighted by atomic mass is 19.3. The normalized spacial score (nSPS) is 24.4. The van der Waals surface area contributed by atoms with Crippen LogP contribution in [0.1, 0.15) is 5.56 Å². The monoisotopic (exact) mass is 274 g/mol. The van der Waals surface area contributed by atoms with Crippen molar-refractivity contribution in [3.05, 3.63) is 41.7 Å². The largest absolute Gasteiger partial charge is 0.392 e. The van der Waals surface area contributed by atoms with Crippen molar-refractivity contribution in [1.29, 1.82) is 0 Å². The van der Waals surface area contributed by atoms with Gasteiger partial charge in [0, 0.05) is 11.6 Å². The molecule has 1 atom stereocenters. The molecule has 0 amide bonds. The van der Waals surface area contributed by atoms with Gasteiger partial charge in [-0.2, -0.15) is 8.78 Å². The zero-order valence-corrected chi connectivity index (χ0v) is 9.23. The van der Waals surface area contributed by atoms with E-state index in [0.717, 1.165) is 23.1 Å². The fourth-order valence-electron chi connectivity index (χ4n) is 1.91. The number of aromatic nitrogens is 4. The standard InChI is InChI=1S/C10H6F4N4O/c11-6-1-2-7(8(12)3-6)9(10(13,14)19-9)4-18-5-15-16-17-18/h1-3,5H,4H2. The third-order valence-corrected chi connectivity index (χ3v) is 2.87. The summed E-state index contributed by atoms with van der Waals surface area (Å²) in [5, 5.41) is 10.0. The first kappa shape index (κ1) is 12.0. The van der Waals surface area contributed by atoms with Gasteiger partial charge in [-0.3, -0.25) is 4.74 Å². The first-order chi connectivity index (χ1) is 8.95. The molecule has 1 aromatic heterocycles. The van der Waals surface area contributed by atoms with Gasteiger partial charge < -0.3 is 0 Å². The minimum Gasteiger partial charge on any atom is -0.295 e. The van der Waals surface area contributed by atoms with Crippen LogP contribution in [0.25, 0.3) is 0 Å². The van der Waals surface area contributed by atoms with Crippen LogP contribution < -0.4 is 0 Å². The van der Waals surface area contributed by atoms with Crippen LogP contribution in [0, 0.1) is 11.6 Å². The van der Waals surface area contributed by atoms with E-state index in [1.807, 2.05) is 0 Å². The van der Waals surface area contributed by atoms with Crippen molar-refractivity contribution < 1.29 is 22.3 Å². The number of hydrogen-bond donors (Lipinski definition) is 0. The molecule has 1 unspecified atom stereocenters. The summed E-state index contributed by atoms with van der Waals surface area (Å²) in [6, 6.07) is 2.34. The van der Waals surface area contributed by atoms with Crippen molar-refractivity contribution >= 4 is 0 Å². The molecule has 0 radical (unpaired) electrons. The molecule has 0 bridgehead atoms. The van der Waals surface area contributed by atoms with Crippen LogP contribution in [0.5, 0.6) is 0 Å². The van der Waals surface area contributed by atoms with Crippen LogP contribution in [-0.2, 0) is 16.9 Å². The molecule has 1 saturated heterocycles. The molecule has 0 spiro atoms. The van der Waals surface area contributed by atoms with E-state index >= 15 is 0 Å². The number of alkyl halides is 2. The molecule has 100 valence electrons. The summed E-state index contributed by atoms with van der Waals surface area (Å²) in [6.07, 6.45) is -2.46. The van der Waals surface area contributed by atoms with Gasteiger partial charge in [0.15, 0.2) is 0 Å². The van der Waals surface area contributed by atoms with Crippen LogP contribution in [0.4, 0.5) is 17.6 Å². The Morgan fingerprint density at radius 3 is 2.53 bits per heavy atom. The summed E-state index contributed by atoms with van der Waals surface area (Å²) < 4.78 is 58.7. The van der Waals surface area contributed by atoms with Crippen LogP contribution in [0.3, 0.4) is 0 Å². The molecule has 0 saturated carbocycles. The Morgan fingerprint density at radius 2 is 2.00 bits per heavy atom. The number of ether oxygens (including phenoxy) is 1. The Labute approximate surface area is 103 Å². The second kappa shape index (κ2) is 3.73. The highest BCUT2D eigenvalue weighted by Gasteiger charge is 2.76. The Balaban J connectivity index is 2.02. The van der Waals surface area contributed by atoms with E-state index in [-0.39, 0.29) is 0 Å². The molecule has 9 heteroatoms. The zero-order chi connectivity index (χ0) is 13.7. The second-order valence-electron chi connectivity index (χ2n) is 4.08. The van der Waals surface area contributed by atoms with Gasteiger partial charge in [-0.25, -0.2) is 13.5 Å². The lowest BCUT2D eigenvalue weighted by atomic mass is 9.98. The molecule has 1 fully saturated rings. The molecule has 0 N–H and O–H groups in total. The topological polar surface area (TPSA) is 56.1 Å². The van der Waals surface area contributed by atoms with Gasteiger partial charge in [-0.05, 0) is 22.6 Å². The highest BCUT2D eigenvalue weighted by molar-refractivity contribution is 5.31. The number of tetrazole rings is 1. The number of epoxide rings is 1. The molecule has 0 aliphatic carbocycles. The first-order valence-electron chi connectivity index (χ1n) is 5.19. The van der Waals surface area contributed by atoms with Gasteiger partial charge in [0.2, 0.25) is 5.60 Å². The van der Waals surface area contributed by atoms with E-state index in [0.29, 0.717) is 6.07 Å². The summed E-state index contributed by atoms with van der Waals surface area (Å²) in [5.41, 5.74) is -2.64. The summed E-state index contributed by atoms with van der Waals surface area (Å²) in [7, 11) is 0. The molecule has 2 aromatic rings. The molecule has 19 heavy (non-hydrogen) atoms. The van der Waals surface area contributed by atoms with E-state index in [2.05, 4.69) is 20.3 Å². The van der Waals surface area contributed by atoms with E-state index in [1.165, 1.54) is 0 Å². The third-order valence-electron chi connectivity index (χ3n) is 2.87. The minimum absolute atomic E-state index is 0.436. The third kappa shape index (κ3) is 1.77. The maximum absolute atomic E-state index is 13.6. The van der Waals surface area contributed by atoms with Crippen LogP contribution >= 0.6 is 0 Å². The van der Waals surface area contributed by atoms with Gasteiger partial charge >= 0.3 is 6.11 Å². The van der Waals surface area contributed by atoms with Crippen LogP contribution in [0.15, 0.2) is 24.5 Å². The lowest BCUT2D eigenvalue weighted by Gasteiger charge is -2.12. The Bertz CT molecular complexity index is 618. The van der Waals surface area contributed by atoms with Crippen molar-refractivity contribution in [1.82, 2.24) is 20.2 Å². The van der Waals surface area contributed by atoms with E-state index in [9.17, 15) is 17.6 Å². The summed E-state index contributed by atoms with van der Waals surface area (Å²) in [5.74, 6) is -1.96. The fraction of sp³-hybridized carbons (Fsp3) is 0.300. The van der Waals surface area contributed by atoms with Crippen molar-refractivity contribution in [2.24, 2.45) is 0 Å². The Hall–Kier alpha value is -2.03. The molecule has 2 heterocycles. The Morgan fingerprint density at radius 1 is 1.26 bits per heavy atom. The molecule has 3 rings (SSSR count). The quantitative estimate of drug-likeness (QED) is 0.628. The van der Waals surface area contributed by atoms with Crippen molar-refractivity contribution in [2.45, 2.75) is 18.3 Å². The predicted octanol–water partition coefficient (Wildman–Crippen LogP) is 1.47. The van der Waals surface area contributed by atoms with Gasteiger partial charge in [0.05, 0.1) is 6.54 Å². The number of benzene rings is 1. The maximum Gasteiger partial charge on any atom is 0.392 e. The van der Waals surface area contributed by atoms with E-state index in [1.54, 1.807) is 0 Å². The average Bonchev–Trinajstić information content (AvgIpc) is 2.71. The van der Waals surface area contributed by atoms with Crippen molar-refractivity contribution in [2.75, 3.05) is 0 Å². The number of hydrogen-bond acceptors (Lipinski definition) is 4. The van der Waals surface area contributed by atoms with E-state index in [4.69, 9.17) is 0 Å². The summed E-state index contributed by atoms with van der Waals surface area (Å²) in [4.78, 5) is 0. The van der Waals surface area contributed by atoms with E-state index < -0.39 is 35.5 Å². The molecule has 1 aliphatic heterocycles. The lowest BCUT2D eigenvalue weighted by molar-refractivity contribution is 0.000375. The minimum atomic E-state index is -3.56. The van der Waals surface area contributed by atoms with Gasteiger partial charge in [-0.15, -0.1) is 5.10 Å². The first-order valence-corrected chi connectivity index (χ1v) is 5.19. The smallest absolute Gasteiger partial charge is 0.295 e. The highest BCUT2D eigenvalue weighted by Crippen LogP contribution is 2.59. The van der Waals surface area contributed by atoms with Crippen LogP contribution in [0.2, 0.25) is 0 Å². The zero-order valence-electron chi connectivity index (χ0n) is 9.23. The SMILES string of the molecule is Fc1ccc(C2(Cn3cnnn3)OC2(F)F)c(F)c1. The number of rotatable bonds is 3. The van der Waals surface area contributed by atoms with Crippen molar-refractivity contribution in [3.8, 4) is 0 Å². The average molecular weight is 274 g/mol. The molecule has 1 aliphatic rings. The number of halogens is 4. The van der Waals surface area contributed by atoms with Crippen LogP contribution in [-0.4, -0.2) is 26.3 Å². The molecule has 5 nitrogen and oxygen atoms in total. The predicted molar refractivity (Wildman–Crippen MR) is 51.9 cm³/mol. The second-order valence-corrected chi connectivity index (χ2v) is 4.08. The molecular weight excluding hydrogens is 268 g/mol. The van der Waals surface area contributed by atoms with Gasteiger partial charge in [0.25, 0.3) is 0 Å². The maximum atomic E-state index is 13.6. The van der Waals surface area contributed by atoms with Gasteiger partial charge in [-0.1, -0.05) is 0 Å². The molecule has 1 aromatic carbocycles. The number of nitrogens with zero attached hydrogens (tertiary/aromatic N) is 4. The van der Waals surface area contributed by atoms with Gasteiger partial charge in [0.1, 0.15) is 18.0 Å². The fourth-order valence-corrected chi connectivity index (χ4v) is 1.91. The summed E-state index contributed by atoms with van der Waals surface area (Å²) in [6.45, 7) is -0.477. The summed E-state index contributed by atoms with van der Waals surface area (Å²) >= 11 is 0. The Kier molecular flexibility index (Phi) is 2.36. The molecular formula is C10H6F4N4O. The lowest BCUT2D eigenvalue weighted by Crippen LogP contribution is -2.25. The van der Waals surface area contributed by atoms with Crippen molar-refractivity contribution in [3.63, 3.8) is 0 Å².